The summed E-state index contributed by atoms with van der Waals surface area (Å²) in [5, 5.41) is 0. The summed E-state index contributed by atoms with van der Waals surface area (Å²) in [7, 11) is 0. The zero-order chi connectivity index (χ0) is 16.0. The SMILES string of the molecule is CC1CCC(C(=O)C2CCC3OC4CCC(C)CC4C3C2)CC1. The van der Waals surface area contributed by atoms with E-state index in [1.54, 1.807) is 0 Å². The first-order valence-electron chi connectivity index (χ1n) is 10.3. The Morgan fingerprint density at radius 3 is 2.00 bits per heavy atom. The van der Waals surface area contributed by atoms with Crippen LogP contribution in [0, 0.1) is 35.5 Å². The lowest BCUT2D eigenvalue weighted by atomic mass is 9.66. The first kappa shape index (κ1) is 16.1. The lowest BCUT2D eigenvalue weighted by Gasteiger charge is -2.37. The quantitative estimate of drug-likeness (QED) is 0.716. The van der Waals surface area contributed by atoms with E-state index in [4.69, 9.17) is 4.74 Å². The fourth-order valence-corrected chi connectivity index (χ4v) is 6.17. The molecule has 4 aliphatic rings. The summed E-state index contributed by atoms with van der Waals surface area (Å²) in [5.41, 5.74) is 0. The predicted octanol–water partition coefficient (Wildman–Crippen LogP) is 5.00. The van der Waals surface area contributed by atoms with Crippen molar-refractivity contribution in [1.82, 2.24) is 0 Å². The van der Waals surface area contributed by atoms with E-state index < -0.39 is 0 Å². The summed E-state index contributed by atoms with van der Waals surface area (Å²) in [6.07, 6.45) is 13.2. The highest BCUT2D eigenvalue weighted by atomic mass is 16.5. The van der Waals surface area contributed by atoms with Gasteiger partial charge in [-0.15, -0.1) is 0 Å². The van der Waals surface area contributed by atoms with E-state index in [0.29, 0.717) is 35.7 Å². The van der Waals surface area contributed by atoms with Crippen LogP contribution < -0.4 is 0 Å². The van der Waals surface area contributed by atoms with Crippen LogP contribution in [-0.2, 0) is 9.53 Å². The summed E-state index contributed by atoms with van der Waals surface area (Å²) in [6.45, 7) is 4.74. The smallest absolute Gasteiger partial charge is 0.139 e. The highest BCUT2D eigenvalue weighted by Gasteiger charge is 2.49. The van der Waals surface area contributed by atoms with Crippen molar-refractivity contribution < 1.29 is 9.53 Å². The minimum Gasteiger partial charge on any atom is -0.374 e. The molecule has 2 heteroatoms. The molecule has 4 fully saturated rings. The maximum absolute atomic E-state index is 13.0. The van der Waals surface area contributed by atoms with Gasteiger partial charge < -0.3 is 4.74 Å². The van der Waals surface area contributed by atoms with E-state index in [9.17, 15) is 4.79 Å². The minimum atomic E-state index is 0.356. The Balaban J connectivity index is 1.40. The van der Waals surface area contributed by atoms with Gasteiger partial charge in [-0.1, -0.05) is 26.7 Å². The van der Waals surface area contributed by atoms with Gasteiger partial charge in [0, 0.05) is 11.8 Å². The Kier molecular flexibility index (Phi) is 4.56. The third-order valence-corrected chi connectivity index (χ3v) is 7.65. The van der Waals surface area contributed by atoms with Crippen molar-refractivity contribution in [2.24, 2.45) is 35.5 Å². The molecule has 1 saturated heterocycles. The number of hydrogen-bond acceptors (Lipinski definition) is 2. The van der Waals surface area contributed by atoms with Crippen LogP contribution >= 0.6 is 0 Å². The van der Waals surface area contributed by atoms with Gasteiger partial charge in [0.2, 0.25) is 0 Å². The van der Waals surface area contributed by atoms with Crippen molar-refractivity contribution in [3.63, 3.8) is 0 Å². The molecular weight excluding hydrogens is 284 g/mol. The zero-order valence-corrected chi connectivity index (χ0v) is 15.0. The number of hydrogen-bond donors (Lipinski definition) is 0. The normalized spacial score (nSPS) is 50.2. The monoisotopic (exact) mass is 318 g/mol. The van der Waals surface area contributed by atoms with Crippen LogP contribution in [0.4, 0.5) is 0 Å². The molecular formula is C21H34O2. The van der Waals surface area contributed by atoms with Crippen molar-refractivity contribution >= 4 is 5.78 Å². The number of ketones is 1. The Hall–Kier alpha value is -0.370. The number of ether oxygens (including phenoxy) is 1. The van der Waals surface area contributed by atoms with Crippen LogP contribution in [0.3, 0.4) is 0 Å². The van der Waals surface area contributed by atoms with Crippen LogP contribution in [0.25, 0.3) is 0 Å². The number of carbonyl (C=O) groups is 1. The van der Waals surface area contributed by atoms with E-state index in [1.807, 2.05) is 0 Å². The average molecular weight is 319 g/mol. The highest BCUT2D eigenvalue weighted by molar-refractivity contribution is 5.83. The third kappa shape index (κ3) is 3.13. The maximum atomic E-state index is 13.0. The number of fused-ring (bicyclic) bond motifs is 3. The molecule has 0 aromatic rings. The van der Waals surface area contributed by atoms with Gasteiger partial charge in [0.25, 0.3) is 0 Å². The van der Waals surface area contributed by atoms with Crippen LogP contribution in [0.15, 0.2) is 0 Å². The van der Waals surface area contributed by atoms with Gasteiger partial charge in [0.1, 0.15) is 5.78 Å². The van der Waals surface area contributed by atoms with Gasteiger partial charge in [-0.3, -0.25) is 4.79 Å². The summed E-state index contributed by atoms with van der Waals surface area (Å²) in [5.74, 6) is 4.50. The predicted molar refractivity (Wildman–Crippen MR) is 92.1 cm³/mol. The molecule has 0 radical (unpaired) electrons. The molecule has 0 bridgehead atoms. The molecule has 3 aliphatic carbocycles. The minimum absolute atomic E-state index is 0.356. The summed E-state index contributed by atoms with van der Waals surface area (Å²) >= 11 is 0. The third-order valence-electron chi connectivity index (χ3n) is 7.65. The van der Waals surface area contributed by atoms with Gasteiger partial charge in [-0.25, -0.2) is 0 Å². The summed E-state index contributed by atoms with van der Waals surface area (Å²) < 4.78 is 6.39. The molecule has 2 nitrogen and oxygen atoms in total. The van der Waals surface area contributed by atoms with Gasteiger partial charge >= 0.3 is 0 Å². The van der Waals surface area contributed by atoms with E-state index in [2.05, 4.69) is 13.8 Å². The molecule has 0 amide bonds. The number of rotatable bonds is 2. The lowest BCUT2D eigenvalue weighted by molar-refractivity contribution is -0.130. The molecule has 1 aliphatic heterocycles. The summed E-state index contributed by atoms with van der Waals surface area (Å²) in [6, 6.07) is 0. The summed E-state index contributed by atoms with van der Waals surface area (Å²) in [4.78, 5) is 13.0. The van der Waals surface area contributed by atoms with Crippen LogP contribution in [-0.4, -0.2) is 18.0 Å². The maximum Gasteiger partial charge on any atom is 0.139 e. The first-order valence-corrected chi connectivity index (χ1v) is 10.3. The van der Waals surface area contributed by atoms with Gasteiger partial charge in [0.05, 0.1) is 12.2 Å². The Morgan fingerprint density at radius 1 is 0.696 bits per heavy atom. The first-order chi connectivity index (χ1) is 11.1. The topological polar surface area (TPSA) is 26.3 Å². The van der Waals surface area contributed by atoms with E-state index >= 15 is 0 Å². The fraction of sp³-hybridized carbons (Fsp3) is 0.952. The van der Waals surface area contributed by atoms with Crippen molar-refractivity contribution in [2.75, 3.05) is 0 Å². The van der Waals surface area contributed by atoms with E-state index in [1.165, 1.54) is 32.1 Å². The Bertz CT molecular complexity index is 437. The molecule has 6 unspecified atom stereocenters. The molecule has 23 heavy (non-hydrogen) atoms. The van der Waals surface area contributed by atoms with Crippen molar-refractivity contribution in [1.29, 1.82) is 0 Å². The molecule has 4 rings (SSSR count). The molecule has 130 valence electrons. The fourth-order valence-electron chi connectivity index (χ4n) is 6.17. The second-order valence-corrected chi connectivity index (χ2v) is 9.33. The van der Waals surface area contributed by atoms with Gasteiger partial charge in [-0.2, -0.15) is 0 Å². The van der Waals surface area contributed by atoms with Crippen molar-refractivity contribution in [3.05, 3.63) is 0 Å². The van der Waals surface area contributed by atoms with Crippen LogP contribution in [0.2, 0.25) is 0 Å². The van der Waals surface area contributed by atoms with Crippen molar-refractivity contribution in [3.8, 4) is 0 Å². The molecule has 3 saturated carbocycles. The van der Waals surface area contributed by atoms with Crippen LogP contribution in [0.1, 0.15) is 78.1 Å². The van der Waals surface area contributed by atoms with Crippen molar-refractivity contribution in [2.45, 2.75) is 90.3 Å². The molecule has 0 spiro atoms. The highest BCUT2D eigenvalue weighted by Crippen LogP contribution is 2.50. The Labute approximate surface area is 141 Å². The largest absolute Gasteiger partial charge is 0.374 e. The molecule has 1 heterocycles. The lowest BCUT2D eigenvalue weighted by Crippen LogP contribution is -2.37. The van der Waals surface area contributed by atoms with Crippen LogP contribution in [0.5, 0.6) is 0 Å². The number of carbonyl (C=O) groups excluding carboxylic acids is 1. The second-order valence-electron chi connectivity index (χ2n) is 9.33. The molecule has 0 aromatic carbocycles. The zero-order valence-electron chi connectivity index (χ0n) is 15.0. The second kappa shape index (κ2) is 6.50. The van der Waals surface area contributed by atoms with E-state index in [0.717, 1.165) is 49.9 Å². The number of Topliss-reactive ketones (excluding diaryl/α,β-unsaturated/α-hetero) is 1. The molecule has 0 aromatic heterocycles. The Morgan fingerprint density at radius 2 is 1.26 bits per heavy atom. The van der Waals surface area contributed by atoms with Gasteiger partial charge in [-0.05, 0) is 75.0 Å². The van der Waals surface area contributed by atoms with E-state index in [-0.39, 0.29) is 0 Å². The molecule has 6 atom stereocenters. The average Bonchev–Trinajstić information content (AvgIpc) is 2.92. The molecule has 0 N–H and O–H groups in total. The van der Waals surface area contributed by atoms with Gasteiger partial charge in [0.15, 0.2) is 0 Å². The standard InChI is InChI=1S/C21H34O2/c1-13-3-6-15(7-4-13)21(22)16-8-10-20-18(12-16)17-11-14(2)5-9-19(17)23-20/h13-20H,3-12H2,1-2H3.